The van der Waals surface area contributed by atoms with Gasteiger partial charge in [0.15, 0.2) is 0 Å². The van der Waals surface area contributed by atoms with Gasteiger partial charge in [-0.25, -0.2) is 4.79 Å². The highest BCUT2D eigenvalue weighted by molar-refractivity contribution is 5.67. The van der Waals surface area contributed by atoms with Gasteiger partial charge in [0.1, 0.15) is 5.60 Å². The van der Waals surface area contributed by atoms with Gasteiger partial charge in [0.2, 0.25) is 0 Å². The van der Waals surface area contributed by atoms with Crippen molar-refractivity contribution in [2.24, 2.45) is 0 Å². The normalized spacial score (nSPS) is 19.8. The number of aliphatic hydroxyl groups is 1. The van der Waals surface area contributed by atoms with Gasteiger partial charge in [0.25, 0.3) is 0 Å². The number of rotatable bonds is 2. The van der Waals surface area contributed by atoms with Crippen molar-refractivity contribution in [3.05, 3.63) is 0 Å². The number of piperidine rings is 1. The zero-order chi connectivity index (χ0) is 13.1. The number of hydrogen-bond acceptors (Lipinski definition) is 4. The van der Waals surface area contributed by atoms with Crippen molar-refractivity contribution < 1.29 is 14.6 Å². The third-order valence-corrected chi connectivity index (χ3v) is 2.77. The van der Waals surface area contributed by atoms with E-state index < -0.39 is 11.2 Å². The minimum Gasteiger partial charge on any atom is -0.444 e. The van der Waals surface area contributed by atoms with Crippen LogP contribution in [0.1, 0.15) is 33.6 Å². The molecule has 0 atom stereocenters. The molecule has 17 heavy (non-hydrogen) atoms. The molecule has 1 fully saturated rings. The molecule has 2 N–H and O–H groups in total. The smallest absolute Gasteiger partial charge is 0.410 e. The molecule has 5 heteroatoms. The molecule has 1 heterocycles. The molecule has 0 radical (unpaired) electrons. The lowest BCUT2D eigenvalue weighted by molar-refractivity contribution is -0.0274. The SMILES string of the molecule is CN(CC1(O)CCNCC1)C(=O)OC(C)(C)C. The second-order valence-electron chi connectivity index (χ2n) is 5.81. The fourth-order valence-corrected chi connectivity index (χ4v) is 1.90. The molecule has 100 valence electrons. The number of ether oxygens (including phenoxy) is 1. The first-order valence-corrected chi connectivity index (χ1v) is 6.09. The second-order valence-corrected chi connectivity index (χ2v) is 5.81. The summed E-state index contributed by atoms with van der Waals surface area (Å²) in [6.07, 6.45) is 0.949. The third-order valence-electron chi connectivity index (χ3n) is 2.77. The topological polar surface area (TPSA) is 61.8 Å². The van der Waals surface area contributed by atoms with Crippen LogP contribution in [0.25, 0.3) is 0 Å². The Labute approximate surface area is 103 Å². The molecule has 1 aliphatic rings. The van der Waals surface area contributed by atoms with Gasteiger partial charge in [0, 0.05) is 7.05 Å². The van der Waals surface area contributed by atoms with Gasteiger partial charge in [-0.15, -0.1) is 0 Å². The Hall–Kier alpha value is -0.810. The molecule has 0 saturated carbocycles. The van der Waals surface area contributed by atoms with Crippen molar-refractivity contribution in [2.75, 3.05) is 26.7 Å². The molecule has 0 bridgehead atoms. The van der Waals surface area contributed by atoms with Gasteiger partial charge in [-0.05, 0) is 46.7 Å². The molecule has 0 aromatic heterocycles. The van der Waals surface area contributed by atoms with Crippen LogP contribution in [0.15, 0.2) is 0 Å². The average Bonchev–Trinajstić information content (AvgIpc) is 2.15. The third kappa shape index (κ3) is 4.91. The van der Waals surface area contributed by atoms with Crippen LogP contribution >= 0.6 is 0 Å². The molecule has 0 aromatic carbocycles. The summed E-state index contributed by atoms with van der Waals surface area (Å²) >= 11 is 0. The summed E-state index contributed by atoms with van der Waals surface area (Å²) in [6, 6.07) is 0. The summed E-state index contributed by atoms with van der Waals surface area (Å²) in [7, 11) is 1.66. The van der Waals surface area contributed by atoms with E-state index in [9.17, 15) is 9.90 Å². The standard InChI is InChI=1S/C12H24N2O3/c1-11(2,3)17-10(15)14(4)9-12(16)5-7-13-8-6-12/h13,16H,5-9H2,1-4H3. The Kier molecular flexibility index (Phi) is 4.38. The molecule has 0 aromatic rings. The lowest BCUT2D eigenvalue weighted by Crippen LogP contribution is -2.50. The van der Waals surface area contributed by atoms with Crippen LogP contribution in [0.3, 0.4) is 0 Å². The molecule has 0 unspecified atom stereocenters. The highest BCUT2D eigenvalue weighted by Crippen LogP contribution is 2.20. The Balaban J connectivity index is 2.47. The zero-order valence-electron chi connectivity index (χ0n) is 11.2. The fraction of sp³-hybridized carbons (Fsp3) is 0.917. The summed E-state index contributed by atoms with van der Waals surface area (Å²) in [5, 5.41) is 13.5. The second kappa shape index (κ2) is 5.23. The van der Waals surface area contributed by atoms with E-state index in [0.29, 0.717) is 19.4 Å². The first-order valence-electron chi connectivity index (χ1n) is 6.09. The van der Waals surface area contributed by atoms with E-state index in [1.54, 1.807) is 7.05 Å². The molecule has 1 amide bonds. The van der Waals surface area contributed by atoms with E-state index in [4.69, 9.17) is 4.74 Å². The van der Waals surface area contributed by atoms with Gasteiger partial charge in [0.05, 0.1) is 12.1 Å². The highest BCUT2D eigenvalue weighted by atomic mass is 16.6. The molecule has 1 aliphatic heterocycles. The number of likely N-dealkylation sites (N-methyl/N-ethyl adjacent to an activating group) is 1. The minimum atomic E-state index is -0.781. The number of carbonyl (C=O) groups is 1. The van der Waals surface area contributed by atoms with Crippen LogP contribution in [-0.4, -0.2) is 54.0 Å². The maximum Gasteiger partial charge on any atom is 0.410 e. The Bertz CT molecular complexity index is 267. The van der Waals surface area contributed by atoms with Crippen molar-refractivity contribution in [3.63, 3.8) is 0 Å². The summed E-state index contributed by atoms with van der Waals surface area (Å²) in [4.78, 5) is 13.2. The first kappa shape index (κ1) is 14.3. The van der Waals surface area contributed by atoms with Gasteiger partial charge < -0.3 is 20.1 Å². The van der Waals surface area contributed by atoms with Crippen molar-refractivity contribution in [2.45, 2.75) is 44.8 Å². The number of nitrogens with zero attached hydrogens (tertiary/aromatic N) is 1. The molecular formula is C12H24N2O3. The fourth-order valence-electron chi connectivity index (χ4n) is 1.90. The van der Waals surface area contributed by atoms with Gasteiger partial charge in [-0.2, -0.15) is 0 Å². The van der Waals surface area contributed by atoms with Crippen molar-refractivity contribution in [3.8, 4) is 0 Å². The summed E-state index contributed by atoms with van der Waals surface area (Å²) in [5.41, 5.74) is -1.28. The van der Waals surface area contributed by atoms with Crippen molar-refractivity contribution in [1.82, 2.24) is 10.2 Å². The minimum absolute atomic E-state index is 0.323. The number of hydrogen-bond donors (Lipinski definition) is 2. The van der Waals surface area contributed by atoms with Crippen LogP contribution in [0.4, 0.5) is 4.79 Å². The van der Waals surface area contributed by atoms with Gasteiger partial charge in [-0.3, -0.25) is 0 Å². The Morgan fingerprint density at radius 2 is 1.94 bits per heavy atom. The molecule has 0 aliphatic carbocycles. The Morgan fingerprint density at radius 1 is 1.41 bits per heavy atom. The van der Waals surface area contributed by atoms with E-state index in [1.165, 1.54) is 4.90 Å². The number of carbonyl (C=O) groups excluding carboxylic acids is 1. The molecule has 1 rings (SSSR count). The quantitative estimate of drug-likeness (QED) is 0.760. The van der Waals surface area contributed by atoms with E-state index in [0.717, 1.165) is 13.1 Å². The van der Waals surface area contributed by atoms with Crippen LogP contribution in [-0.2, 0) is 4.74 Å². The summed E-state index contributed by atoms with van der Waals surface area (Å²) < 4.78 is 5.25. The van der Waals surface area contributed by atoms with E-state index >= 15 is 0 Å². The monoisotopic (exact) mass is 244 g/mol. The lowest BCUT2D eigenvalue weighted by Gasteiger charge is -2.36. The van der Waals surface area contributed by atoms with E-state index in [-0.39, 0.29) is 6.09 Å². The first-order chi connectivity index (χ1) is 7.72. The zero-order valence-corrected chi connectivity index (χ0v) is 11.2. The van der Waals surface area contributed by atoms with Crippen LogP contribution in [0.2, 0.25) is 0 Å². The van der Waals surface area contributed by atoms with Crippen molar-refractivity contribution >= 4 is 6.09 Å². The summed E-state index contributed by atoms with van der Waals surface area (Å²) in [6.45, 7) is 7.40. The number of nitrogens with one attached hydrogen (secondary N) is 1. The summed E-state index contributed by atoms with van der Waals surface area (Å²) in [5.74, 6) is 0. The largest absolute Gasteiger partial charge is 0.444 e. The van der Waals surface area contributed by atoms with E-state index in [1.807, 2.05) is 20.8 Å². The van der Waals surface area contributed by atoms with E-state index in [2.05, 4.69) is 5.32 Å². The molecule has 1 saturated heterocycles. The molecule has 0 spiro atoms. The maximum atomic E-state index is 11.8. The highest BCUT2D eigenvalue weighted by Gasteiger charge is 2.32. The van der Waals surface area contributed by atoms with Crippen LogP contribution in [0, 0.1) is 0 Å². The predicted octanol–water partition coefficient (Wildman–Crippen LogP) is 0.968. The van der Waals surface area contributed by atoms with Crippen LogP contribution < -0.4 is 5.32 Å². The van der Waals surface area contributed by atoms with Gasteiger partial charge >= 0.3 is 6.09 Å². The molecule has 5 nitrogen and oxygen atoms in total. The Morgan fingerprint density at radius 3 is 2.41 bits per heavy atom. The lowest BCUT2D eigenvalue weighted by atomic mass is 9.92. The van der Waals surface area contributed by atoms with Crippen LogP contribution in [0.5, 0.6) is 0 Å². The average molecular weight is 244 g/mol. The van der Waals surface area contributed by atoms with Gasteiger partial charge in [-0.1, -0.05) is 0 Å². The molecular weight excluding hydrogens is 220 g/mol. The van der Waals surface area contributed by atoms with Crippen molar-refractivity contribution in [1.29, 1.82) is 0 Å². The number of amides is 1. The predicted molar refractivity (Wildman–Crippen MR) is 65.9 cm³/mol. The maximum absolute atomic E-state index is 11.8.